The number of esters is 6. The number of nitrogens with zero attached hydrogens (tertiary/aromatic N) is 2. The summed E-state index contributed by atoms with van der Waals surface area (Å²) in [6.45, 7) is 9.17. The summed E-state index contributed by atoms with van der Waals surface area (Å²) in [5.41, 5.74) is 0. The maximum atomic E-state index is 12.3. The number of ether oxygens (including phenoxy) is 6. The summed E-state index contributed by atoms with van der Waals surface area (Å²) in [6.07, 6.45) is 25.6. The minimum atomic E-state index is -0.841. The number of hydrogen-bond acceptors (Lipinski definition) is 16. The number of allylic oxidation sites excluding steroid dienone is 2. The third kappa shape index (κ3) is 46.9. The smallest absolute Gasteiger partial charge is 0.306 e. The molecule has 16 heteroatoms. The average molecular weight is 1010 g/mol. The normalized spacial score (nSPS) is 13.1. The molecule has 0 aliphatic heterocycles. The Morgan fingerprint density at radius 1 is 0.451 bits per heavy atom. The highest BCUT2D eigenvalue weighted by atomic mass is 16.6. The SMILES string of the molecule is CCCCCC(OC(=O)CCCC(=O)OCCN(C)C)C(O)C=CCCCCCCCC(=O)OC.CCCCCC(OC(=O)CCCC(=O)OCCN(C)CC)C(O)C=CCCCCCCCC(=O)OC. The van der Waals surface area contributed by atoms with E-state index >= 15 is 0 Å². The van der Waals surface area contributed by atoms with E-state index in [1.165, 1.54) is 14.2 Å². The second-order valence-electron chi connectivity index (χ2n) is 18.5. The number of aliphatic hydroxyl groups is 2. The standard InChI is InChI=1S/C28H51NO7.C27H49NO7/c1-5-7-13-18-25(24(30)17-14-11-9-8-10-12-15-19-26(31)34-4)36-28(33)21-16-20-27(32)35-23-22-29(3)6-2;1-5-6-12-17-24(35-27(32)20-15-19-26(31)34-22-21-28(2)3)23(29)16-13-10-8-7-9-11-14-18-25(30)33-4/h14,17,24-25,30H,5-13,15-16,18-23H2,1-4H3;13,16,23-24,29H,5-12,14-15,17-22H2,1-4H3. The van der Waals surface area contributed by atoms with Gasteiger partial charge in [0.05, 0.1) is 14.2 Å². The van der Waals surface area contributed by atoms with Crippen LogP contribution in [0.3, 0.4) is 0 Å². The Hall–Kier alpha value is -3.86. The lowest BCUT2D eigenvalue weighted by Gasteiger charge is -2.21. The van der Waals surface area contributed by atoms with Crippen LogP contribution in [-0.4, -0.2) is 148 Å². The molecule has 0 aliphatic rings. The van der Waals surface area contributed by atoms with Crippen LogP contribution in [0.5, 0.6) is 0 Å². The number of rotatable bonds is 45. The van der Waals surface area contributed by atoms with Crippen LogP contribution in [0.15, 0.2) is 24.3 Å². The lowest BCUT2D eigenvalue weighted by molar-refractivity contribution is -0.155. The second-order valence-corrected chi connectivity index (χ2v) is 18.5. The van der Waals surface area contributed by atoms with Gasteiger partial charge < -0.3 is 48.4 Å². The summed E-state index contributed by atoms with van der Waals surface area (Å²) in [5.74, 6) is -1.73. The largest absolute Gasteiger partial charge is 0.469 e. The molecule has 0 heterocycles. The maximum Gasteiger partial charge on any atom is 0.306 e. The number of carbonyl (C=O) groups excluding carboxylic acids is 6. The summed E-state index contributed by atoms with van der Waals surface area (Å²) in [5, 5.41) is 21.2. The average Bonchev–Trinajstić information content (AvgIpc) is 3.34. The first-order chi connectivity index (χ1) is 34.1. The zero-order valence-electron chi connectivity index (χ0n) is 45.6. The Kier molecular flexibility index (Phi) is 48.5. The van der Waals surface area contributed by atoms with Crippen LogP contribution < -0.4 is 0 Å². The summed E-state index contributed by atoms with van der Waals surface area (Å²) >= 11 is 0. The molecular weight excluding hydrogens is 913 g/mol. The molecule has 16 nitrogen and oxygen atoms in total. The van der Waals surface area contributed by atoms with Crippen LogP contribution in [0.1, 0.15) is 201 Å². The molecule has 0 rings (SSSR count). The summed E-state index contributed by atoms with van der Waals surface area (Å²) < 4.78 is 30.7. The van der Waals surface area contributed by atoms with Crippen molar-refractivity contribution >= 4 is 35.8 Å². The van der Waals surface area contributed by atoms with Crippen molar-refractivity contribution in [1.29, 1.82) is 0 Å². The topological polar surface area (TPSA) is 205 Å². The number of unbranched alkanes of at least 4 members (excludes halogenated alkanes) is 14. The maximum absolute atomic E-state index is 12.3. The van der Waals surface area contributed by atoms with Gasteiger partial charge in [-0.2, -0.15) is 0 Å². The fourth-order valence-electron chi connectivity index (χ4n) is 7.01. The van der Waals surface area contributed by atoms with Crippen LogP contribution >= 0.6 is 0 Å². The zero-order chi connectivity index (χ0) is 53.3. The molecule has 0 spiro atoms. The van der Waals surface area contributed by atoms with E-state index in [0.717, 1.165) is 122 Å². The number of likely N-dealkylation sites (N-methyl/N-ethyl adjacent to an activating group) is 2. The van der Waals surface area contributed by atoms with Gasteiger partial charge in [-0.3, -0.25) is 28.8 Å². The Balaban J connectivity index is 0. The minimum Gasteiger partial charge on any atom is -0.469 e. The molecule has 71 heavy (non-hydrogen) atoms. The predicted molar refractivity (Wildman–Crippen MR) is 278 cm³/mol. The predicted octanol–water partition coefficient (Wildman–Crippen LogP) is 9.54. The van der Waals surface area contributed by atoms with Crippen molar-refractivity contribution in [2.75, 3.05) is 68.2 Å². The molecule has 4 unspecified atom stereocenters. The number of carbonyl (C=O) groups is 6. The Bertz CT molecular complexity index is 1410. The van der Waals surface area contributed by atoms with Gasteiger partial charge in [0.1, 0.15) is 37.6 Å². The van der Waals surface area contributed by atoms with Crippen molar-refractivity contribution < 1.29 is 67.4 Å². The van der Waals surface area contributed by atoms with Crippen LogP contribution in [0.25, 0.3) is 0 Å². The first kappa shape index (κ1) is 69.2. The van der Waals surface area contributed by atoms with E-state index < -0.39 is 36.4 Å². The van der Waals surface area contributed by atoms with Crippen LogP contribution in [0.4, 0.5) is 0 Å². The van der Waals surface area contributed by atoms with E-state index in [1.54, 1.807) is 12.2 Å². The van der Waals surface area contributed by atoms with Crippen molar-refractivity contribution in [3.63, 3.8) is 0 Å². The number of aliphatic hydroxyl groups excluding tert-OH is 2. The van der Waals surface area contributed by atoms with E-state index in [9.17, 15) is 39.0 Å². The van der Waals surface area contributed by atoms with E-state index in [0.29, 0.717) is 64.8 Å². The van der Waals surface area contributed by atoms with Gasteiger partial charge in [-0.25, -0.2) is 0 Å². The monoisotopic (exact) mass is 1010 g/mol. The third-order valence-electron chi connectivity index (χ3n) is 11.7. The van der Waals surface area contributed by atoms with Crippen molar-refractivity contribution in [2.45, 2.75) is 225 Å². The highest BCUT2D eigenvalue weighted by Gasteiger charge is 2.23. The molecule has 0 aromatic heterocycles. The highest BCUT2D eigenvalue weighted by molar-refractivity contribution is 5.73. The quantitative estimate of drug-likeness (QED) is 0.0252. The van der Waals surface area contributed by atoms with Crippen molar-refractivity contribution in [1.82, 2.24) is 9.80 Å². The second kappa shape index (κ2) is 49.7. The molecule has 0 amide bonds. The van der Waals surface area contributed by atoms with Gasteiger partial charge in [-0.1, -0.05) is 109 Å². The molecule has 0 aromatic rings. The zero-order valence-corrected chi connectivity index (χ0v) is 45.6. The lowest BCUT2D eigenvalue weighted by atomic mass is 10.0. The van der Waals surface area contributed by atoms with Gasteiger partial charge >= 0.3 is 35.8 Å². The Morgan fingerprint density at radius 2 is 0.817 bits per heavy atom. The molecule has 0 fully saturated rings. The van der Waals surface area contributed by atoms with Gasteiger partial charge in [0, 0.05) is 51.6 Å². The van der Waals surface area contributed by atoms with Crippen LogP contribution in [-0.2, 0) is 57.2 Å². The van der Waals surface area contributed by atoms with Crippen molar-refractivity contribution in [2.24, 2.45) is 0 Å². The molecule has 0 radical (unpaired) electrons. The van der Waals surface area contributed by atoms with Crippen LogP contribution in [0.2, 0.25) is 0 Å². The van der Waals surface area contributed by atoms with Crippen molar-refractivity contribution in [3.8, 4) is 0 Å². The first-order valence-electron chi connectivity index (χ1n) is 27.0. The lowest BCUT2D eigenvalue weighted by Crippen LogP contribution is -2.30. The fraction of sp³-hybridized carbons (Fsp3) is 0.818. The first-order valence-corrected chi connectivity index (χ1v) is 27.0. The fourth-order valence-corrected chi connectivity index (χ4v) is 7.01. The third-order valence-corrected chi connectivity index (χ3v) is 11.7. The van der Waals surface area contributed by atoms with Gasteiger partial charge in [-0.15, -0.1) is 0 Å². The number of hydrogen-bond donors (Lipinski definition) is 2. The molecule has 0 saturated carbocycles. The van der Waals surface area contributed by atoms with E-state index in [1.807, 2.05) is 45.1 Å². The van der Waals surface area contributed by atoms with Gasteiger partial charge in [0.2, 0.25) is 0 Å². The van der Waals surface area contributed by atoms with Gasteiger partial charge in [-0.05, 0) is 105 Å². The molecule has 4 atom stereocenters. The molecule has 0 aromatic carbocycles. The van der Waals surface area contributed by atoms with Crippen molar-refractivity contribution in [3.05, 3.63) is 24.3 Å². The van der Waals surface area contributed by atoms with E-state index in [4.69, 9.17) is 18.9 Å². The summed E-state index contributed by atoms with van der Waals surface area (Å²) in [6, 6.07) is 0. The molecule has 0 saturated heterocycles. The van der Waals surface area contributed by atoms with Gasteiger partial charge in [0.15, 0.2) is 0 Å². The molecular formula is C55H100N2O14. The Labute approximate surface area is 429 Å². The highest BCUT2D eigenvalue weighted by Crippen LogP contribution is 2.17. The number of methoxy groups -OCH3 is 2. The molecule has 0 aliphatic carbocycles. The molecule has 0 bridgehead atoms. The van der Waals surface area contributed by atoms with Gasteiger partial charge in [0.25, 0.3) is 0 Å². The minimum absolute atomic E-state index is 0.124. The van der Waals surface area contributed by atoms with Crippen LogP contribution in [0, 0.1) is 0 Å². The molecule has 414 valence electrons. The molecule has 2 N–H and O–H groups in total. The summed E-state index contributed by atoms with van der Waals surface area (Å²) in [7, 11) is 8.59. The Morgan fingerprint density at radius 3 is 1.20 bits per heavy atom. The van der Waals surface area contributed by atoms with E-state index in [-0.39, 0.29) is 49.6 Å². The van der Waals surface area contributed by atoms with E-state index in [2.05, 4.69) is 28.2 Å². The summed E-state index contributed by atoms with van der Waals surface area (Å²) in [4.78, 5) is 74.3.